The predicted octanol–water partition coefficient (Wildman–Crippen LogP) is 4.97. The summed E-state index contributed by atoms with van der Waals surface area (Å²) in [6.07, 6.45) is 1.70. The van der Waals surface area contributed by atoms with Gasteiger partial charge in [0.05, 0.1) is 11.7 Å². The highest BCUT2D eigenvalue weighted by molar-refractivity contribution is 6.66. The molecular formula is C18H16Cl3N5. The summed E-state index contributed by atoms with van der Waals surface area (Å²) in [5, 5.41) is 5.03. The minimum absolute atomic E-state index is 0.0919. The lowest BCUT2D eigenvalue weighted by Gasteiger charge is -2.13. The summed E-state index contributed by atoms with van der Waals surface area (Å²) >= 11 is 17.8. The molecule has 1 aromatic heterocycles. The summed E-state index contributed by atoms with van der Waals surface area (Å²) in [5.74, 6) is 0.562. The lowest BCUT2D eigenvalue weighted by atomic mass is 10.2. The molecule has 0 amide bonds. The molecule has 3 aromatic rings. The number of hydrogen-bond donors (Lipinski definition) is 1. The molecule has 5 nitrogen and oxygen atoms in total. The number of fused-ring (bicyclic) bond motifs is 1. The van der Waals surface area contributed by atoms with Crippen LogP contribution in [-0.4, -0.2) is 30.3 Å². The highest BCUT2D eigenvalue weighted by Crippen LogP contribution is 2.37. The molecule has 0 bridgehead atoms. The van der Waals surface area contributed by atoms with Crippen molar-refractivity contribution in [1.82, 2.24) is 9.97 Å². The molecule has 0 saturated heterocycles. The van der Waals surface area contributed by atoms with E-state index in [-0.39, 0.29) is 5.82 Å². The number of hydrazone groups is 1. The molecule has 0 unspecified atom stereocenters. The highest BCUT2D eigenvalue weighted by Gasteiger charge is 2.28. The van der Waals surface area contributed by atoms with Gasteiger partial charge in [0, 0.05) is 25.2 Å². The van der Waals surface area contributed by atoms with Crippen molar-refractivity contribution in [2.75, 3.05) is 24.4 Å². The molecule has 0 fully saturated rings. The molecule has 26 heavy (non-hydrogen) atoms. The van der Waals surface area contributed by atoms with Crippen molar-refractivity contribution in [2.45, 2.75) is 3.79 Å². The minimum atomic E-state index is -1.72. The maximum atomic E-state index is 5.94. The first-order valence-corrected chi connectivity index (χ1v) is 8.88. The first-order valence-electron chi connectivity index (χ1n) is 7.75. The van der Waals surface area contributed by atoms with E-state index in [0.717, 1.165) is 16.6 Å². The number of hydrogen-bond acceptors (Lipinski definition) is 5. The molecule has 0 radical (unpaired) electrons. The van der Waals surface area contributed by atoms with Crippen LogP contribution in [0.4, 0.5) is 11.5 Å². The van der Waals surface area contributed by atoms with Gasteiger partial charge in [-0.3, -0.25) is 5.43 Å². The third-order valence-corrected chi connectivity index (χ3v) is 4.16. The molecule has 0 spiro atoms. The zero-order valence-electron chi connectivity index (χ0n) is 14.1. The lowest BCUT2D eigenvalue weighted by molar-refractivity contribution is 0.992. The van der Waals surface area contributed by atoms with Crippen molar-refractivity contribution >= 4 is 63.4 Å². The lowest BCUT2D eigenvalue weighted by Crippen LogP contribution is -2.09. The van der Waals surface area contributed by atoms with Crippen LogP contribution >= 0.6 is 34.8 Å². The number of nitrogens with one attached hydrogen (secondary N) is 1. The van der Waals surface area contributed by atoms with Crippen LogP contribution in [-0.2, 0) is 3.79 Å². The SMILES string of the molecule is CN(C)c1ccc(C=NNc2nc(C(Cl)(Cl)Cl)nc3ccccc23)cc1. The number of benzene rings is 2. The Morgan fingerprint density at radius 1 is 1.00 bits per heavy atom. The molecule has 0 aliphatic carbocycles. The molecule has 134 valence electrons. The van der Waals surface area contributed by atoms with Gasteiger partial charge in [-0.1, -0.05) is 59.1 Å². The Hall–Kier alpha value is -2.08. The van der Waals surface area contributed by atoms with Gasteiger partial charge >= 0.3 is 0 Å². The number of alkyl halides is 3. The Morgan fingerprint density at radius 3 is 2.35 bits per heavy atom. The standard InChI is InChI=1S/C18H16Cl3N5/c1-26(2)13-9-7-12(8-10-13)11-22-25-16-14-5-3-4-6-15(14)23-17(24-16)18(19,20)21/h3-11H,1-2H3,(H,23,24,25). The van der Waals surface area contributed by atoms with Crippen LogP contribution < -0.4 is 10.3 Å². The minimum Gasteiger partial charge on any atom is -0.378 e. The second kappa shape index (κ2) is 7.66. The van der Waals surface area contributed by atoms with E-state index < -0.39 is 3.79 Å². The predicted molar refractivity (Wildman–Crippen MR) is 111 cm³/mol. The maximum absolute atomic E-state index is 5.94. The number of halogens is 3. The molecule has 1 N–H and O–H groups in total. The number of anilines is 2. The summed E-state index contributed by atoms with van der Waals surface area (Å²) in [5.41, 5.74) is 5.64. The van der Waals surface area contributed by atoms with E-state index in [9.17, 15) is 0 Å². The number of rotatable bonds is 4. The molecule has 2 aromatic carbocycles. The van der Waals surface area contributed by atoms with E-state index in [1.807, 2.05) is 67.5 Å². The molecule has 3 rings (SSSR count). The van der Waals surface area contributed by atoms with Crippen molar-refractivity contribution in [3.05, 3.63) is 59.9 Å². The van der Waals surface area contributed by atoms with Gasteiger partial charge in [-0.2, -0.15) is 5.10 Å². The average molecular weight is 409 g/mol. The summed E-state index contributed by atoms with van der Waals surface area (Å²) in [6.45, 7) is 0. The van der Waals surface area contributed by atoms with Gasteiger partial charge in [0.15, 0.2) is 11.6 Å². The van der Waals surface area contributed by atoms with Crippen molar-refractivity contribution < 1.29 is 0 Å². The summed E-state index contributed by atoms with van der Waals surface area (Å²) in [4.78, 5) is 10.6. The summed E-state index contributed by atoms with van der Waals surface area (Å²) in [7, 11) is 3.99. The fourth-order valence-corrected chi connectivity index (χ4v) is 2.57. The normalized spacial score (nSPS) is 11.9. The second-order valence-corrected chi connectivity index (χ2v) is 8.05. The monoisotopic (exact) mass is 407 g/mol. The van der Waals surface area contributed by atoms with Crippen molar-refractivity contribution in [2.24, 2.45) is 5.10 Å². The van der Waals surface area contributed by atoms with E-state index in [2.05, 4.69) is 20.5 Å². The maximum Gasteiger partial charge on any atom is 0.250 e. The Bertz CT molecular complexity index is 934. The fourth-order valence-electron chi connectivity index (χ4n) is 2.32. The van der Waals surface area contributed by atoms with Crippen LogP contribution in [0.1, 0.15) is 11.4 Å². The van der Waals surface area contributed by atoms with E-state index in [4.69, 9.17) is 34.8 Å². The van der Waals surface area contributed by atoms with Crippen LogP contribution in [0.5, 0.6) is 0 Å². The van der Waals surface area contributed by atoms with E-state index in [0.29, 0.717) is 11.3 Å². The van der Waals surface area contributed by atoms with Crippen molar-refractivity contribution in [3.63, 3.8) is 0 Å². The van der Waals surface area contributed by atoms with Gasteiger partial charge in [-0.05, 0) is 29.8 Å². The number of aromatic nitrogens is 2. The first kappa shape index (κ1) is 18.7. The van der Waals surface area contributed by atoms with Crippen LogP contribution in [0.15, 0.2) is 53.6 Å². The van der Waals surface area contributed by atoms with Gasteiger partial charge in [-0.25, -0.2) is 9.97 Å². The van der Waals surface area contributed by atoms with Gasteiger partial charge in [0.2, 0.25) is 3.79 Å². The summed E-state index contributed by atoms with van der Waals surface area (Å²) in [6, 6.07) is 15.4. The quantitative estimate of drug-likeness (QED) is 0.376. The van der Waals surface area contributed by atoms with E-state index in [1.165, 1.54) is 0 Å². The molecule has 1 heterocycles. The second-order valence-electron chi connectivity index (χ2n) is 5.77. The molecule has 0 saturated carbocycles. The van der Waals surface area contributed by atoms with Crippen LogP contribution in [0.2, 0.25) is 0 Å². The van der Waals surface area contributed by atoms with Crippen molar-refractivity contribution in [1.29, 1.82) is 0 Å². The third-order valence-electron chi connectivity index (χ3n) is 3.65. The Balaban J connectivity index is 1.88. The highest BCUT2D eigenvalue weighted by atomic mass is 35.6. The molecular weight excluding hydrogens is 393 g/mol. The Morgan fingerprint density at radius 2 is 1.69 bits per heavy atom. The van der Waals surface area contributed by atoms with E-state index >= 15 is 0 Å². The Labute approximate surface area is 166 Å². The molecule has 0 atom stereocenters. The smallest absolute Gasteiger partial charge is 0.250 e. The fraction of sp³-hybridized carbons (Fsp3) is 0.167. The molecule has 0 aliphatic rings. The van der Waals surface area contributed by atoms with Gasteiger partial charge in [0.25, 0.3) is 0 Å². The van der Waals surface area contributed by atoms with E-state index in [1.54, 1.807) is 6.21 Å². The van der Waals surface area contributed by atoms with Crippen molar-refractivity contribution in [3.8, 4) is 0 Å². The topological polar surface area (TPSA) is 53.4 Å². The third kappa shape index (κ3) is 4.36. The zero-order chi connectivity index (χ0) is 18.7. The number of nitrogens with zero attached hydrogens (tertiary/aromatic N) is 4. The Kier molecular flexibility index (Phi) is 5.51. The van der Waals surface area contributed by atoms with Gasteiger partial charge < -0.3 is 4.90 Å². The van der Waals surface area contributed by atoms with Gasteiger partial charge in [0.1, 0.15) is 0 Å². The number of para-hydroxylation sites is 1. The van der Waals surface area contributed by atoms with Crippen LogP contribution in [0.3, 0.4) is 0 Å². The van der Waals surface area contributed by atoms with Crippen LogP contribution in [0.25, 0.3) is 10.9 Å². The average Bonchev–Trinajstić information content (AvgIpc) is 2.61. The zero-order valence-corrected chi connectivity index (χ0v) is 16.4. The molecule has 8 heteroatoms. The van der Waals surface area contributed by atoms with Gasteiger partial charge in [-0.15, -0.1) is 0 Å². The molecule has 0 aliphatic heterocycles. The summed E-state index contributed by atoms with van der Waals surface area (Å²) < 4.78 is -1.72. The van der Waals surface area contributed by atoms with Crippen LogP contribution in [0, 0.1) is 0 Å². The first-order chi connectivity index (χ1) is 12.3. The largest absolute Gasteiger partial charge is 0.378 e.